The highest BCUT2D eigenvalue weighted by Gasteiger charge is 2.09. The predicted molar refractivity (Wildman–Crippen MR) is 106 cm³/mol. The van der Waals surface area contributed by atoms with Crippen molar-refractivity contribution in [3.63, 3.8) is 0 Å². The number of hydrogen-bond donors (Lipinski definition) is 2. The summed E-state index contributed by atoms with van der Waals surface area (Å²) in [7, 11) is 0. The quantitative estimate of drug-likeness (QED) is 0.377. The number of H-pyrrole nitrogens is 1. The average molecular weight is 372 g/mol. The summed E-state index contributed by atoms with van der Waals surface area (Å²) in [6.07, 6.45) is 3.76. The van der Waals surface area contributed by atoms with Crippen molar-refractivity contribution >= 4 is 46.4 Å². The molecular weight excluding hydrogens is 354 g/mol. The van der Waals surface area contributed by atoms with E-state index in [4.69, 9.17) is 11.6 Å². The molecule has 3 aromatic rings. The standard InChI is InChI=1S/C19H18ClN3OS/c1-2-25-18-8-7-15(20)9-13(18)10-19(24)23-22-12-14-11-21-17-6-4-3-5-16(14)17/h3-9,11-12,21H,2,10H2,1H3,(H,23,24)/b22-12-. The second-order valence-electron chi connectivity index (χ2n) is 5.44. The Hall–Kier alpha value is -2.24. The highest BCUT2D eigenvalue weighted by molar-refractivity contribution is 7.99. The van der Waals surface area contributed by atoms with Gasteiger partial charge in [-0.15, -0.1) is 11.8 Å². The molecule has 0 aliphatic carbocycles. The molecule has 6 heteroatoms. The third-order valence-corrected chi connectivity index (χ3v) is 4.92. The first kappa shape index (κ1) is 17.6. The van der Waals surface area contributed by atoms with E-state index in [1.807, 2.05) is 48.7 Å². The van der Waals surface area contributed by atoms with Gasteiger partial charge in [0, 0.05) is 32.6 Å². The predicted octanol–water partition coefficient (Wildman–Crippen LogP) is 4.63. The van der Waals surface area contributed by atoms with Crippen LogP contribution in [0.15, 0.2) is 58.7 Å². The molecule has 128 valence electrons. The van der Waals surface area contributed by atoms with Gasteiger partial charge in [0.2, 0.25) is 5.91 Å². The highest BCUT2D eigenvalue weighted by atomic mass is 35.5. The van der Waals surface area contributed by atoms with E-state index in [2.05, 4.69) is 22.4 Å². The van der Waals surface area contributed by atoms with Gasteiger partial charge in [-0.2, -0.15) is 5.10 Å². The molecular formula is C19H18ClN3OS. The topological polar surface area (TPSA) is 57.2 Å². The lowest BCUT2D eigenvalue weighted by molar-refractivity contribution is -0.120. The lowest BCUT2D eigenvalue weighted by Gasteiger charge is -2.08. The normalized spacial score (nSPS) is 11.3. The minimum absolute atomic E-state index is 0.170. The second kappa shape index (κ2) is 8.23. The first-order chi connectivity index (χ1) is 12.2. The molecule has 2 N–H and O–H groups in total. The maximum absolute atomic E-state index is 12.2. The molecule has 0 bridgehead atoms. The molecule has 0 fully saturated rings. The first-order valence-corrected chi connectivity index (χ1v) is 9.33. The molecule has 25 heavy (non-hydrogen) atoms. The zero-order valence-corrected chi connectivity index (χ0v) is 15.3. The van der Waals surface area contributed by atoms with Gasteiger partial charge in [0.25, 0.3) is 0 Å². The Morgan fingerprint density at radius 1 is 1.32 bits per heavy atom. The van der Waals surface area contributed by atoms with E-state index >= 15 is 0 Å². The van der Waals surface area contributed by atoms with Gasteiger partial charge in [-0.25, -0.2) is 5.43 Å². The number of carbonyl (C=O) groups excluding carboxylic acids is 1. The fraction of sp³-hybridized carbons (Fsp3) is 0.158. The van der Waals surface area contributed by atoms with Crippen LogP contribution in [0.25, 0.3) is 10.9 Å². The number of benzene rings is 2. The van der Waals surface area contributed by atoms with Crippen molar-refractivity contribution in [3.05, 3.63) is 64.8 Å². The first-order valence-electron chi connectivity index (χ1n) is 7.96. The van der Waals surface area contributed by atoms with E-state index < -0.39 is 0 Å². The van der Waals surface area contributed by atoms with Gasteiger partial charge in [0.1, 0.15) is 0 Å². The van der Waals surface area contributed by atoms with Crippen LogP contribution in [0.5, 0.6) is 0 Å². The van der Waals surface area contributed by atoms with Crippen molar-refractivity contribution in [2.75, 3.05) is 5.75 Å². The molecule has 4 nitrogen and oxygen atoms in total. The highest BCUT2D eigenvalue weighted by Crippen LogP contribution is 2.26. The zero-order chi connectivity index (χ0) is 17.6. The maximum atomic E-state index is 12.2. The number of fused-ring (bicyclic) bond motifs is 1. The van der Waals surface area contributed by atoms with E-state index in [1.54, 1.807) is 18.0 Å². The number of halogens is 1. The molecule has 0 saturated heterocycles. The maximum Gasteiger partial charge on any atom is 0.244 e. The summed E-state index contributed by atoms with van der Waals surface area (Å²) in [5, 5.41) is 5.77. The Balaban J connectivity index is 1.66. The van der Waals surface area contributed by atoms with Crippen LogP contribution in [0.1, 0.15) is 18.1 Å². The molecule has 0 atom stereocenters. The fourth-order valence-electron chi connectivity index (χ4n) is 2.57. The van der Waals surface area contributed by atoms with Gasteiger partial charge in [0.15, 0.2) is 0 Å². The largest absolute Gasteiger partial charge is 0.361 e. The Morgan fingerprint density at radius 3 is 3.00 bits per heavy atom. The molecule has 1 heterocycles. The van der Waals surface area contributed by atoms with Crippen LogP contribution in [0.4, 0.5) is 0 Å². The molecule has 2 aromatic carbocycles. The number of amides is 1. The molecule has 1 amide bonds. The summed E-state index contributed by atoms with van der Waals surface area (Å²) in [6, 6.07) is 13.6. The number of hydrazone groups is 1. The average Bonchev–Trinajstić information content (AvgIpc) is 3.01. The van der Waals surface area contributed by atoms with Crippen LogP contribution in [0.3, 0.4) is 0 Å². The Morgan fingerprint density at radius 2 is 2.16 bits per heavy atom. The number of aromatic amines is 1. The number of nitrogens with one attached hydrogen (secondary N) is 2. The number of thioether (sulfide) groups is 1. The van der Waals surface area contributed by atoms with E-state index in [-0.39, 0.29) is 12.3 Å². The zero-order valence-electron chi connectivity index (χ0n) is 13.8. The van der Waals surface area contributed by atoms with Gasteiger partial charge >= 0.3 is 0 Å². The number of para-hydroxylation sites is 1. The van der Waals surface area contributed by atoms with E-state index in [9.17, 15) is 4.79 Å². The second-order valence-corrected chi connectivity index (χ2v) is 7.19. The van der Waals surface area contributed by atoms with Crippen LogP contribution >= 0.6 is 23.4 Å². The summed E-state index contributed by atoms with van der Waals surface area (Å²) < 4.78 is 0. The lowest BCUT2D eigenvalue weighted by atomic mass is 10.1. The van der Waals surface area contributed by atoms with Crippen molar-refractivity contribution in [1.82, 2.24) is 10.4 Å². The third-order valence-electron chi connectivity index (χ3n) is 3.69. The van der Waals surface area contributed by atoms with Gasteiger partial charge in [-0.05, 0) is 35.6 Å². The molecule has 0 aliphatic rings. The summed E-state index contributed by atoms with van der Waals surface area (Å²) in [6.45, 7) is 2.08. The minimum atomic E-state index is -0.170. The molecule has 1 aromatic heterocycles. The van der Waals surface area contributed by atoms with E-state index in [0.29, 0.717) is 5.02 Å². The molecule has 0 spiro atoms. The minimum Gasteiger partial charge on any atom is -0.361 e. The molecule has 3 rings (SSSR count). The van der Waals surface area contributed by atoms with Crippen molar-refractivity contribution in [1.29, 1.82) is 0 Å². The smallest absolute Gasteiger partial charge is 0.244 e. The molecule has 0 unspecified atom stereocenters. The summed E-state index contributed by atoms with van der Waals surface area (Å²) in [4.78, 5) is 16.4. The summed E-state index contributed by atoms with van der Waals surface area (Å²) in [5.41, 5.74) is 5.47. The number of aromatic nitrogens is 1. The summed E-state index contributed by atoms with van der Waals surface area (Å²) in [5.74, 6) is 0.769. The number of carbonyl (C=O) groups is 1. The van der Waals surface area contributed by atoms with Crippen molar-refractivity contribution in [3.8, 4) is 0 Å². The van der Waals surface area contributed by atoms with Gasteiger partial charge in [-0.3, -0.25) is 4.79 Å². The molecule has 0 aliphatic heterocycles. The van der Waals surface area contributed by atoms with Gasteiger partial charge in [-0.1, -0.05) is 36.7 Å². The number of nitrogens with zero attached hydrogens (tertiary/aromatic N) is 1. The van der Waals surface area contributed by atoms with E-state index in [0.717, 1.165) is 32.7 Å². The third kappa shape index (κ3) is 4.44. The SMILES string of the molecule is CCSc1ccc(Cl)cc1CC(=O)N/N=C\c1c[nH]c2ccccc12. The van der Waals surface area contributed by atoms with Crippen molar-refractivity contribution in [2.24, 2.45) is 5.10 Å². The van der Waals surface area contributed by atoms with Gasteiger partial charge in [0.05, 0.1) is 12.6 Å². The van der Waals surface area contributed by atoms with Crippen LogP contribution < -0.4 is 5.43 Å². The van der Waals surface area contributed by atoms with Crippen molar-refractivity contribution in [2.45, 2.75) is 18.2 Å². The lowest BCUT2D eigenvalue weighted by Crippen LogP contribution is -2.20. The van der Waals surface area contributed by atoms with Crippen LogP contribution in [0, 0.1) is 0 Å². The number of rotatable bonds is 6. The van der Waals surface area contributed by atoms with Crippen LogP contribution in [-0.4, -0.2) is 22.9 Å². The monoisotopic (exact) mass is 371 g/mol. The fourth-order valence-corrected chi connectivity index (χ4v) is 3.56. The Kier molecular flexibility index (Phi) is 5.79. The Bertz CT molecular complexity index is 920. The van der Waals surface area contributed by atoms with Crippen LogP contribution in [-0.2, 0) is 11.2 Å². The van der Waals surface area contributed by atoms with Crippen molar-refractivity contribution < 1.29 is 4.79 Å². The van der Waals surface area contributed by atoms with Crippen LogP contribution in [0.2, 0.25) is 5.02 Å². The molecule has 0 saturated carbocycles. The van der Waals surface area contributed by atoms with Gasteiger partial charge < -0.3 is 4.98 Å². The Labute approximate surface area is 155 Å². The number of hydrogen-bond acceptors (Lipinski definition) is 3. The van der Waals surface area contributed by atoms with E-state index in [1.165, 1.54) is 0 Å². The molecule has 0 radical (unpaired) electrons. The summed E-state index contributed by atoms with van der Waals surface area (Å²) >= 11 is 7.75.